The molecule has 3 aromatic rings. The van der Waals surface area contributed by atoms with Gasteiger partial charge in [-0.3, -0.25) is 24.0 Å². The number of rotatable bonds is 10. The minimum Gasteiger partial charge on any atom is -0.444 e. The largest absolute Gasteiger partial charge is 0.444 e. The van der Waals surface area contributed by atoms with Crippen molar-refractivity contribution in [1.29, 1.82) is 0 Å². The fraction of sp³-hybridized carbons (Fsp3) is 0.600. The van der Waals surface area contributed by atoms with Gasteiger partial charge in [-0.05, 0) is 90.6 Å². The molecule has 2 fully saturated rings. The highest BCUT2D eigenvalue weighted by Gasteiger charge is 2.39. The topological polar surface area (TPSA) is 91.2 Å². The standard InChI is InChI=1S/C40H58N6O4/c1-9-15-35(43-25-28(4)45(29(5)26-43)39(49)50-40(6,7)8)37-41-34-19-18-30(24-33(34)38(48)44(37)11-3)27-42-22-20-32(21-23-42)46(36(47)10-2)31-16-13-12-14-17-31/h12-14,16-19,24,28-29,32,35H,9-11,15,20-23,25-27H2,1-8H3/t28-,29+,35?. The Morgan fingerprint density at radius 2 is 1.64 bits per heavy atom. The predicted octanol–water partition coefficient (Wildman–Crippen LogP) is 6.99. The smallest absolute Gasteiger partial charge is 0.410 e. The molecule has 2 aromatic carbocycles. The van der Waals surface area contributed by atoms with Crippen LogP contribution in [-0.4, -0.2) is 86.2 Å². The molecule has 1 aromatic heterocycles. The predicted molar refractivity (Wildman–Crippen MR) is 200 cm³/mol. The molecule has 3 atom stereocenters. The summed E-state index contributed by atoms with van der Waals surface area (Å²) in [6.07, 6.45) is 3.83. The van der Waals surface area contributed by atoms with Crippen molar-refractivity contribution in [1.82, 2.24) is 24.3 Å². The van der Waals surface area contributed by atoms with Crippen molar-refractivity contribution < 1.29 is 14.3 Å². The molecule has 0 saturated carbocycles. The number of carbonyl (C=O) groups is 2. The molecule has 272 valence electrons. The van der Waals surface area contributed by atoms with Crippen LogP contribution in [0, 0.1) is 0 Å². The minimum atomic E-state index is -0.554. The number of amides is 2. The van der Waals surface area contributed by atoms with Gasteiger partial charge in [-0.15, -0.1) is 0 Å². The Kier molecular flexibility index (Phi) is 12.0. The van der Waals surface area contributed by atoms with E-state index in [4.69, 9.17) is 9.72 Å². The lowest BCUT2D eigenvalue weighted by Crippen LogP contribution is -2.60. The first kappa shape index (κ1) is 37.5. The van der Waals surface area contributed by atoms with Crippen molar-refractivity contribution in [2.45, 2.75) is 130 Å². The molecule has 3 heterocycles. The van der Waals surface area contributed by atoms with Crippen LogP contribution in [0.2, 0.25) is 0 Å². The fourth-order valence-corrected chi connectivity index (χ4v) is 7.90. The van der Waals surface area contributed by atoms with Crippen molar-refractivity contribution in [3.05, 3.63) is 70.3 Å². The van der Waals surface area contributed by atoms with Crippen LogP contribution in [0.15, 0.2) is 53.3 Å². The van der Waals surface area contributed by atoms with Gasteiger partial charge in [0.1, 0.15) is 11.4 Å². The van der Waals surface area contributed by atoms with Gasteiger partial charge in [-0.25, -0.2) is 9.78 Å². The van der Waals surface area contributed by atoms with Gasteiger partial charge in [-0.1, -0.05) is 44.5 Å². The maximum atomic E-state index is 14.1. The highest BCUT2D eigenvalue weighted by molar-refractivity contribution is 5.93. The number of piperidine rings is 1. The van der Waals surface area contributed by atoms with Gasteiger partial charge in [-0.2, -0.15) is 0 Å². The van der Waals surface area contributed by atoms with Crippen LogP contribution in [0.3, 0.4) is 0 Å². The molecule has 0 radical (unpaired) electrons. The van der Waals surface area contributed by atoms with Gasteiger partial charge in [0.2, 0.25) is 5.91 Å². The molecule has 1 unspecified atom stereocenters. The van der Waals surface area contributed by atoms with Crippen molar-refractivity contribution >= 4 is 28.6 Å². The highest BCUT2D eigenvalue weighted by Crippen LogP contribution is 2.31. The second-order valence-electron chi connectivity index (χ2n) is 15.2. The third-order valence-electron chi connectivity index (χ3n) is 10.2. The lowest BCUT2D eigenvalue weighted by atomic mass is 10.0. The number of hydrogen-bond acceptors (Lipinski definition) is 7. The average Bonchev–Trinajstić information content (AvgIpc) is 3.07. The van der Waals surface area contributed by atoms with E-state index in [1.165, 1.54) is 0 Å². The summed E-state index contributed by atoms with van der Waals surface area (Å²) in [5.41, 5.74) is 2.24. The van der Waals surface area contributed by atoms with Crippen molar-refractivity contribution in [3.63, 3.8) is 0 Å². The van der Waals surface area contributed by atoms with E-state index in [1.807, 2.05) is 91.5 Å². The quantitative estimate of drug-likeness (QED) is 0.227. The molecule has 10 nitrogen and oxygen atoms in total. The van der Waals surface area contributed by atoms with Crippen LogP contribution in [-0.2, 0) is 22.6 Å². The number of carbonyl (C=O) groups excluding carboxylic acids is 2. The van der Waals surface area contributed by atoms with Gasteiger partial charge in [0.25, 0.3) is 5.56 Å². The van der Waals surface area contributed by atoms with Crippen LogP contribution in [0.1, 0.15) is 105 Å². The summed E-state index contributed by atoms with van der Waals surface area (Å²) in [4.78, 5) is 54.1. The number of fused-ring (bicyclic) bond motifs is 1. The van der Waals surface area contributed by atoms with Gasteiger partial charge in [0.15, 0.2) is 0 Å². The maximum Gasteiger partial charge on any atom is 0.410 e. The molecule has 0 bridgehead atoms. The van der Waals surface area contributed by atoms with Crippen LogP contribution < -0.4 is 10.5 Å². The van der Waals surface area contributed by atoms with Crippen LogP contribution in [0.25, 0.3) is 10.9 Å². The van der Waals surface area contributed by atoms with E-state index in [2.05, 4.69) is 36.6 Å². The first-order valence-corrected chi connectivity index (χ1v) is 18.7. The van der Waals surface area contributed by atoms with E-state index in [1.54, 1.807) is 0 Å². The fourth-order valence-electron chi connectivity index (χ4n) is 7.90. The Hall–Kier alpha value is -3.76. The lowest BCUT2D eigenvalue weighted by molar-refractivity contribution is -0.119. The number of piperazine rings is 1. The molecule has 5 rings (SSSR count). The number of benzene rings is 2. The number of anilines is 1. The average molecular weight is 687 g/mol. The molecule has 50 heavy (non-hydrogen) atoms. The number of hydrogen-bond donors (Lipinski definition) is 0. The van der Waals surface area contributed by atoms with E-state index in [9.17, 15) is 14.4 Å². The SMILES string of the molecule is CCCC(c1nc2ccc(CN3CCC(N(C(=O)CC)c4ccccc4)CC3)cc2c(=O)n1CC)N1C[C@@H](C)N(C(=O)OC(C)(C)C)[C@@H](C)C1. The molecular formula is C40H58N6O4. The Morgan fingerprint density at radius 3 is 2.22 bits per heavy atom. The number of ether oxygens (including phenoxy) is 1. The van der Waals surface area contributed by atoms with E-state index in [-0.39, 0.29) is 41.7 Å². The maximum absolute atomic E-state index is 14.1. The molecule has 0 N–H and O–H groups in total. The number of nitrogens with zero attached hydrogens (tertiary/aromatic N) is 6. The highest BCUT2D eigenvalue weighted by atomic mass is 16.6. The van der Waals surface area contributed by atoms with Crippen molar-refractivity contribution in [2.24, 2.45) is 0 Å². The van der Waals surface area contributed by atoms with Crippen molar-refractivity contribution in [2.75, 3.05) is 31.1 Å². The summed E-state index contributed by atoms with van der Waals surface area (Å²) in [5.74, 6) is 0.966. The lowest BCUT2D eigenvalue weighted by Gasteiger charge is -2.47. The molecule has 0 aliphatic carbocycles. The van der Waals surface area contributed by atoms with E-state index < -0.39 is 5.60 Å². The molecule has 2 amide bonds. The summed E-state index contributed by atoms with van der Waals surface area (Å²) in [5, 5.41) is 0.651. The minimum absolute atomic E-state index is 0.000713. The van der Waals surface area contributed by atoms with Gasteiger partial charge < -0.3 is 14.5 Å². The first-order chi connectivity index (χ1) is 23.8. The Bertz CT molecular complexity index is 1660. The van der Waals surface area contributed by atoms with Crippen LogP contribution in [0.4, 0.5) is 10.5 Å². The number of likely N-dealkylation sites (tertiary alicyclic amines) is 1. The second-order valence-corrected chi connectivity index (χ2v) is 15.2. The zero-order valence-electron chi connectivity index (χ0n) is 31.5. The zero-order chi connectivity index (χ0) is 36.2. The summed E-state index contributed by atoms with van der Waals surface area (Å²) < 4.78 is 7.60. The summed E-state index contributed by atoms with van der Waals surface area (Å²) >= 11 is 0. The Balaban J connectivity index is 1.33. The Morgan fingerprint density at radius 1 is 0.980 bits per heavy atom. The monoisotopic (exact) mass is 686 g/mol. The van der Waals surface area contributed by atoms with Crippen LogP contribution in [0.5, 0.6) is 0 Å². The second kappa shape index (κ2) is 16.1. The van der Waals surface area contributed by atoms with E-state index >= 15 is 0 Å². The molecule has 2 aliphatic heterocycles. The number of para-hydroxylation sites is 1. The van der Waals surface area contributed by atoms with E-state index in [0.717, 1.165) is 67.9 Å². The van der Waals surface area contributed by atoms with Gasteiger partial charge >= 0.3 is 6.09 Å². The van der Waals surface area contributed by atoms with Gasteiger partial charge in [0.05, 0.1) is 16.9 Å². The Labute approximate surface area is 298 Å². The summed E-state index contributed by atoms with van der Waals surface area (Å²) in [7, 11) is 0. The molecule has 0 spiro atoms. The zero-order valence-corrected chi connectivity index (χ0v) is 31.5. The normalized spacial score (nSPS) is 20.2. The summed E-state index contributed by atoms with van der Waals surface area (Å²) in [6.45, 7) is 20.4. The third kappa shape index (κ3) is 8.40. The summed E-state index contributed by atoms with van der Waals surface area (Å²) in [6, 6.07) is 16.2. The molecule has 2 aliphatic rings. The van der Waals surface area contributed by atoms with Crippen LogP contribution >= 0.6 is 0 Å². The number of aromatic nitrogens is 2. The molecule has 2 saturated heterocycles. The molecular weight excluding hydrogens is 628 g/mol. The first-order valence-electron chi connectivity index (χ1n) is 18.7. The van der Waals surface area contributed by atoms with Crippen molar-refractivity contribution in [3.8, 4) is 0 Å². The third-order valence-corrected chi connectivity index (χ3v) is 10.2. The molecule has 10 heteroatoms. The van der Waals surface area contributed by atoms with E-state index in [0.29, 0.717) is 31.4 Å². The van der Waals surface area contributed by atoms with Gasteiger partial charge in [0, 0.05) is 69.5 Å².